The average molecular weight is 427 g/mol. The van der Waals surface area contributed by atoms with Gasteiger partial charge in [-0.3, -0.25) is 0 Å². The number of nitrogens with zero attached hydrogens (tertiary/aromatic N) is 2. The maximum absolute atomic E-state index is 6.36. The van der Waals surface area contributed by atoms with E-state index >= 15 is 0 Å². The number of aryl methyl sites for hydroxylation is 1. The molecule has 30 heavy (non-hydrogen) atoms. The lowest BCUT2D eigenvalue weighted by Crippen LogP contribution is -3.12. The van der Waals surface area contributed by atoms with Crippen LogP contribution in [0.15, 0.2) is 24.3 Å². The summed E-state index contributed by atoms with van der Waals surface area (Å²) in [6.07, 6.45) is 3.40. The van der Waals surface area contributed by atoms with Gasteiger partial charge in [0.15, 0.2) is 5.82 Å². The Labute approximate surface area is 180 Å². The lowest BCUT2D eigenvalue weighted by atomic mass is 9.89. The normalized spacial score (nSPS) is 19.6. The number of methoxy groups -OCH3 is 1. The molecule has 6 nitrogen and oxygen atoms in total. The fourth-order valence-electron chi connectivity index (χ4n) is 4.34. The zero-order chi connectivity index (χ0) is 20.5. The molecule has 158 valence electrons. The van der Waals surface area contributed by atoms with Crippen LogP contribution in [0.2, 0.25) is 0 Å². The van der Waals surface area contributed by atoms with Gasteiger partial charge in [0, 0.05) is 10.9 Å². The first kappa shape index (κ1) is 19.7. The first-order valence-electron chi connectivity index (χ1n) is 10.7. The number of morpholine rings is 1. The van der Waals surface area contributed by atoms with Crippen molar-refractivity contribution in [2.75, 3.05) is 33.4 Å². The Morgan fingerprint density at radius 2 is 2.03 bits per heavy atom. The molecule has 0 spiro atoms. The van der Waals surface area contributed by atoms with E-state index in [1.807, 2.05) is 35.6 Å². The molecule has 0 amide bonds. The molecule has 0 bridgehead atoms. The monoisotopic (exact) mass is 426 g/mol. The maximum Gasteiger partial charge on any atom is 0.231 e. The fraction of sp³-hybridized carbons (Fsp3) is 0.478. The Balaban J connectivity index is 1.55. The SMILES string of the molecule is COc1cccc(Oc2nc(C[NH+]3CCOCC3)nc3sc4c(c23)CC[C@@H](C)C4)c1. The van der Waals surface area contributed by atoms with Crippen molar-refractivity contribution in [3.8, 4) is 17.4 Å². The summed E-state index contributed by atoms with van der Waals surface area (Å²) < 4.78 is 17.2. The Morgan fingerprint density at radius 3 is 2.87 bits per heavy atom. The smallest absolute Gasteiger partial charge is 0.231 e. The molecule has 1 N–H and O–H groups in total. The summed E-state index contributed by atoms with van der Waals surface area (Å²) >= 11 is 1.82. The fourth-order valence-corrected chi connectivity index (χ4v) is 5.73. The minimum absolute atomic E-state index is 0.683. The van der Waals surface area contributed by atoms with Crippen LogP contribution in [0.1, 0.15) is 29.6 Å². The molecular formula is C23H28N3O3S+. The van der Waals surface area contributed by atoms with E-state index in [1.165, 1.54) is 21.8 Å². The summed E-state index contributed by atoms with van der Waals surface area (Å²) in [5.41, 5.74) is 1.39. The Bertz CT molecular complexity index is 1050. The highest BCUT2D eigenvalue weighted by Gasteiger charge is 2.26. The summed E-state index contributed by atoms with van der Waals surface area (Å²) in [7, 11) is 1.67. The van der Waals surface area contributed by atoms with E-state index in [0.29, 0.717) is 5.88 Å². The van der Waals surface area contributed by atoms with Crippen molar-refractivity contribution in [2.24, 2.45) is 5.92 Å². The molecule has 1 fully saturated rings. The van der Waals surface area contributed by atoms with Gasteiger partial charge in [-0.2, -0.15) is 4.98 Å². The maximum atomic E-state index is 6.36. The lowest BCUT2D eigenvalue weighted by Gasteiger charge is -2.23. The van der Waals surface area contributed by atoms with Gasteiger partial charge in [0.1, 0.15) is 36.0 Å². The molecule has 5 rings (SSSR count). The second-order valence-electron chi connectivity index (χ2n) is 8.30. The van der Waals surface area contributed by atoms with Gasteiger partial charge in [0.2, 0.25) is 5.88 Å². The van der Waals surface area contributed by atoms with Gasteiger partial charge >= 0.3 is 0 Å². The summed E-state index contributed by atoms with van der Waals surface area (Å²) in [5, 5.41) is 1.10. The minimum atomic E-state index is 0.683. The summed E-state index contributed by atoms with van der Waals surface area (Å²) in [6, 6.07) is 7.71. The van der Waals surface area contributed by atoms with Gasteiger partial charge in [-0.15, -0.1) is 11.3 Å². The highest BCUT2D eigenvalue weighted by Crippen LogP contribution is 2.42. The number of nitrogens with one attached hydrogen (secondary N) is 1. The number of aromatic nitrogens is 2. The second kappa shape index (κ2) is 8.49. The molecule has 0 unspecified atom stereocenters. The summed E-state index contributed by atoms with van der Waals surface area (Å²) in [4.78, 5) is 13.9. The van der Waals surface area contributed by atoms with E-state index in [1.54, 1.807) is 7.11 Å². The third-order valence-corrected chi connectivity index (χ3v) is 7.18. The van der Waals surface area contributed by atoms with Gasteiger partial charge in [0.25, 0.3) is 0 Å². The average Bonchev–Trinajstić information content (AvgIpc) is 3.12. The molecule has 3 heterocycles. The Kier molecular flexibility index (Phi) is 5.58. The van der Waals surface area contributed by atoms with Crippen LogP contribution >= 0.6 is 11.3 Å². The van der Waals surface area contributed by atoms with E-state index < -0.39 is 0 Å². The number of benzene rings is 1. The first-order valence-corrected chi connectivity index (χ1v) is 11.6. The molecule has 1 aliphatic carbocycles. The van der Waals surface area contributed by atoms with Crippen molar-refractivity contribution in [2.45, 2.75) is 32.7 Å². The molecule has 0 radical (unpaired) electrons. The van der Waals surface area contributed by atoms with E-state index in [0.717, 1.165) is 79.1 Å². The van der Waals surface area contributed by atoms with E-state index in [9.17, 15) is 0 Å². The number of quaternary nitrogens is 1. The van der Waals surface area contributed by atoms with Gasteiger partial charge in [0.05, 0.1) is 25.7 Å². The molecule has 1 aliphatic heterocycles. The van der Waals surface area contributed by atoms with Crippen molar-refractivity contribution < 1.29 is 19.1 Å². The van der Waals surface area contributed by atoms with Crippen molar-refractivity contribution in [1.82, 2.24) is 9.97 Å². The number of thiophene rings is 1. The molecule has 1 aromatic carbocycles. The highest BCUT2D eigenvalue weighted by molar-refractivity contribution is 7.18. The van der Waals surface area contributed by atoms with Crippen molar-refractivity contribution in [3.05, 3.63) is 40.5 Å². The van der Waals surface area contributed by atoms with Crippen molar-refractivity contribution in [3.63, 3.8) is 0 Å². The third kappa shape index (κ3) is 4.02. The van der Waals surface area contributed by atoms with Crippen molar-refractivity contribution >= 4 is 21.6 Å². The Morgan fingerprint density at radius 1 is 1.20 bits per heavy atom. The Hall–Kier alpha value is -2.22. The topological polar surface area (TPSA) is 57.9 Å². The molecule has 7 heteroatoms. The molecule has 1 saturated heterocycles. The van der Waals surface area contributed by atoms with Gasteiger partial charge in [-0.1, -0.05) is 13.0 Å². The van der Waals surface area contributed by atoms with Crippen LogP contribution in [-0.4, -0.2) is 43.4 Å². The van der Waals surface area contributed by atoms with Gasteiger partial charge in [-0.05, 0) is 42.9 Å². The summed E-state index contributed by atoms with van der Waals surface area (Å²) in [6.45, 7) is 6.72. The lowest BCUT2D eigenvalue weighted by molar-refractivity contribution is -0.922. The number of rotatable bonds is 5. The van der Waals surface area contributed by atoms with Crippen LogP contribution in [0.5, 0.6) is 17.4 Å². The standard InChI is InChI=1S/C23H27N3O3S/c1-15-6-7-18-19(12-15)30-23-21(18)22(29-17-5-3-4-16(13-17)27-2)24-20(25-23)14-26-8-10-28-11-9-26/h3-5,13,15H,6-12,14H2,1-2H3/p+1/t15-/m1/s1. The highest BCUT2D eigenvalue weighted by atomic mass is 32.1. The molecule has 1 atom stereocenters. The minimum Gasteiger partial charge on any atom is -0.497 e. The molecule has 0 saturated carbocycles. The summed E-state index contributed by atoms with van der Waals surface area (Å²) in [5.74, 6) is 3.77. The quantitative estimate of drug-likeness (QED) is 0.680. The van der Waals surface area contributed by atoms with Crippen LogP contribution in [0.3, 0.4) is 0 Å². The third-order valence-electron chi connectivity index (χ3n) is 6.03. The van der Waals surface area contributed by atoms with E-state index in [2.05, 4.69) is 6.92 Å². The number of hydrogen-bond acceptors (Lipinski definition) is 6. The van der Waals surface area contributed by atoms with Crippen molar-refractivity contribution in [1.29, 1.82) is 0 Å². The van der Waals surface area contributed by atoms with Crippen LogP contribution in [-0.2, 0) is 24.1 Å². The number of ether oxygens (including phenoxy) is 3. The second-order valence-corrected chi connectivity index (χ2v) is 9.38. The van der Waals surface area contributed by atoms with Crippen LogP contribution in [0.25, 0.3) is 10.2 Å². The zero-order valence-corrected chi connectivity index (χ0v) is 18.4. The molecular weight excluding hydrogens is 398 g/mol. The number of hydrogen-bond donors (Lipinski definition) is 1. The first-order chi connectivity index (χ1) is 14.7. The van der Waals surface area contributed by atoms with E-state index in [-0.39, 0.29) is 0 Å². The largest absolute Gasteiger partial charge is 0.497 e. The van der Waals surface area contributed by atoms with Crippen LogP contribution in [0.4, 0.5) is 0 Å². The molecule has 3 aromatic rings. The molecule has 2 aliphatic rings. The molecule has 2 aromatic heterocycles. The van der Waals surface area contributed by atoms with Gasteiger partial charge in [-0.25, -0.2) is 4.98 Å². The van der Waals surface area contributed by atoms with E-state index in [4.69, 9.17) is 24.2 Å². The van der Waals surface area contributed by atoms with Gasteiger partial charge < -0.3 is 19.1 Å². The zero-order valence-electron chi connectivity index (χ0n) is 17.6. The number of fused-ring (bicyclic) bond motifs is 3. The predicted octanol–water partition coefficient (Wildman–Crippen LogP) is 3.03. The van der Waals surface area contributed by atoms with Crippen LogP contribution < -0.4 is 14.4 Å². The predicted molar refractivity (Wildman–Crippen MR) is 117 cm³/mol. The van der Waals surface area contributed by atoms with Crippen LogP contribution in [0, 0.1) is 5.92 Å².